The molecule has 2 heterocycles. The number of aliphatic carboxylic acids is 1. The van der Waals surface area contributed by atoms with Crippen molar-refractivity contribution in [2.24, 2.45) is 17.8 Å². The number of rotatable bonds is 4. The van der Waals surface area contributed by atoms with Crippen molar-refractivity contribution in [1.29, 1.82) is 0 Å². The minimum atomic E-state index is -0.761. The van der Waals surface area contributed by atoms with Gasteiger partial charge in [-0.15, -0.1) is 0 Å². The first-order valence-electron chi connectivity index (χ1n) is 6.79. The highest BCUT2D eigenvalue weighted by Gasteiger charge is 2.37. The number of carboxylic acids is 1. The molecule has 0 aromatic heterocycles. The molecule has 5 nitrogen and oxygen atoms in total. The highest BCUT2D eigenvalue weighted by atomic mass is 16.4. The second-order valence-corrected chi connectivity index (χ2v) is 5.60. The molecule has 102 valence electrons. The Bertz CT molecular complexity index is 320. The second kappa shape index (κ2) is 5.69. The normalized spacial score (nSPS) is 26.5. The molecule has 2 unspecified atom stereocenters. The SMILES string of the molecule is CC(C(=O)O)C1CN(C(=O)CC2CCCNC2)C1. The van der Waals surface area contributed by atoms with Crippen LogP contribution in [-0.2, 0) is 9.59 Å². The Morgan fingerprint density at radius 3 is 2.72 bits per heavy atom. The van der Waals surface area contributed by atoms with Gasteiger partial charge >= 0.3 is 5.97 Å². The lowest BCUT2D eigenvalue weighted by atomic mass is 9.86. The molecule has 2 fully saturated rings. The van der Waals surface area contributed by atoms with Crippen LogP contribution in [0.2, 0.25) is 0 Å². The Hall–Kier alpha value is -1.10. The minimum Gasteiger partial charge on any atom is -0.481 e. The van der Waals surface area contributed by atoms with E-state index in [9.17, 15) is 9.59 Å². The van der Waals surface area contributed by atoms with Crippen molar-refractivity contribution < 1.29 is 14.7 Å². The van der Waals surface area contributed by atoms with Gasteiger partial charge in [0.1, 0.15) is 0 Å². The molecule has 2 N–H and O–H groups in total. The van der Waals surface area contributed by atoms with E-state index in [-0.39, 0.29) is 17.7 Å². The highest BCUT2D eigenvalue weighted by molar-refractivity contribution is 5.78. The van der Waals surface area contributed by atoms with E-state index in [0.29, 0.717) is 25.4 Å². The number of carboxylic acid groups (broad SMARTS) is 1. The van der Waals surface area contributed by atoms with Gasteiger partial charge in [0.15, 0.2) is 0 Å². The van der Waals surface area contributed by atoms with Gasteiger partial charge in [0.2, 0.25) is 5.91 Å². The van der Waals surface area contributed by atoms with E-state index in [1.54, 1.807) is 11.8 Å². The number of hydrogen-bond donors (Lipinski definition) is 2. The Labute approximate surface area is 108 Å². The third-order valence-electron chi connectivity index (χ3n) is 4.22. The van der Waals surface area contributed by atoms with Gasteiger partial charge in [0.25, 0.3) is 0 Å². The Kier molecular flexibility index (Phi) is 4.22. The maximum absolute atomic E-state index is 12.0. The summed E-state index contributed by atoms with van der Waals surface area (Å²) in [4.78, 5) is 24.6. The molecule has 2 aliphatic rings. The number of nitrogens with zero attached hydrogens (tertiary/aromatic N) is 1. The van der Waals surface area contributed by atoms with Crippen LogP contribution >= 0.6 is 0 Å². The molecule has 0 saturated carbocycles. The summed E-state index contributed by atoms with van der Waals surface area (Å²) in [6, 6.07) is 0. The second-order valence-electron chi connectivity index (χ2n) is 5.60. The average Bonchev–Trinajstić information content (AvgIpc) is 2.28. The molecule has 1 amide bonds. The van der Waals surface area contributed by atoms with Crippen LogP contribution in [0, 0.1) is 17.8 Å². The minimum absolute atomic E-state index is 0.135. The van der Waals surface area contributed by atoms with Crippen molar-refractivity contribution in [3.8, 4) is 0 Å². The van der Waals surface area contributed by atoms with Crippen LogP contribution in [0.15, 0.2) is 0 Å². The van der Waals surface area contributed by atoms with E-state index in [4.69, 9.17) is 5.11 Å². The fraction of sp³-hybridized carbons (Fsp3) is 0.846. The predicted octanol–water partition coefficient (Wildman–Crippen LogP) is 0.555. The molecule has 0 bridgehead atoms. The summed E-state index contributed by atoms with van der Waals surface area (Å²) in [5, 5.41) is 12.2. The molecule has 0 aromatic carbocycles. The molecule has 2 atom stereocenters. The van der Waals surface area contributed by atoms with E-state index in [0.717, 1.165) is 25.9 Å². The summed E-state index contributed by atoms with van der Waals surface area (Å²) in [5.74, 6) is -0.315. The van der Waals surface area contributed by atoms with Gasteiger partial charge in [0.05, 0.1) is 5.92 Å². The van der Waals surface area contributed by atoms with Crippen molar-refractivity contribution in [2.75, 3.05) is 26.2 Å². The Morgan fingerprint density at radius 2 is 2.17 bits per heavy atom. The summed E-state index contributed by atoms with van der Waals surface area (Å²) >= 11 is 0. The zero-order valence-corrected chi connectivity index (χ0v) is 10.9. The first-order chi connectivity index (χ1) is 8.58. The van der Waals surface area contributed by atoms with E-state index < -0.39 is 5.97 Å². The van der Waals surface area contributed by atoms with Crippen molar-refractivity contribution in [1.82, 2.24) is 10.2 Å². The zero-order valence-electron chi connectivity index (χ0n) is 10.9. The molecular weight excluding hydrogens is 232 g/mol. The summed E-state index contributed by atoms with van der Waals surface area (Å²) in [7, 11) is 0. The van der Waals surface area contributed by atoms with Crippen LogP contribution in [0.5, 0.6) is 0 Å². The number of carbonyl (C=O) groups is 2. The van der Waals surface area contributed by atoms with Gasteiger partial charge in [-0.2, -0.15) is 0 Å². The van der Waals surface area contributed by atoms with Gasteiger partial charge in [-0.1, -0.05) is 6.92 Å². The molecule has 0 spiro atoms. The maximum atomic E-state index is 12.0. The van der Waals surface area contributed by atoms with Crippen LogP contribution in [0.4, 0.5) is 0 Å². The molecule has 2 rings (SSSR count). The van der Waals surface area contributed by atoms with E-state index >= 15 is 0 Å². The van der Waals surface area contributed by atoms with Crippen LogP contribution < -0.4 is 5.32 Å². The lowest BCUT2D eigenvalue weighted by molar-refractivity contribution is -0.151. The van der Waals surface area contributed by atoms with Crippen LogP contribution in [0.1, 0.15) is 26.2 Å². The number of nitrogens with one attached hydrogen (secondary N) is 1. The first-order valence-corrected chi connectivity index (χ1v) is 6.79. The summed E-state index contributed by atoms with van der Waals surface area (Å²) < 4.78 is 0. The Balaban J connectivity index is 1.71. The van der Waals surface area contributed by atoms with E-state index in [2.05, 4.69) is 5.32 Å². The average molecular weight is 254 g/mol. The molecule has 2 saturated heterocycles. The number of amides is 1. The van der Waals surface area contributed by atoms with Crippen molar-refractivity contribution in [3.63, 3.8) is 0 Å². The van der Waals surface area contributed by atoms with Crippen LogP contribution in [-0.4, -0.2) is 48.1 Å². The van der Waals surface area contributed by atoms with Crippen LogP contribution in [0.3, 0.4) is 0 Å². The number of carbonyl (C=O) groups excluding carboxylic acids is 1. The van der Waals surface area contributed by atoms with Crippen molar-refractivity contribution >= 4 is 11.9 Å². The summed E-state index contributed by atoms with van der Waals surface area (Å²) in [5.41, 5.74) is 0. The lowest BCUT2D eigenvalue weighted by Gasteiger charge is -2.42. The zero-order chi connectivity index (χ0) is 13.1. The molecule has 0 aromatic rings. The first kappa shape index (κ1) is 13.3. The van der Waals surface area contributed by atoms with Gasteiger partial charge in [0, 0.05) is 25.4 Å². The topological polar surface area (TPSA) is 69.6 Å². The van der Waals surface area contributed by atoms with Gasteiger partial charge in [-0.05, 0) is 31.8 Å². The molecule has 18 heavy (non-hydrogen) atoms. The largest absolute Gasteiger partial charge is 0.481 e. The van der Waals surface area contributed by atoms with E-state index in [1.807, 2.05) is 0 Å². The van der Waals surface area contributed by atoms with Crippen molar-refractivity contribution in [3.05, 3.63) is 0 Å². The van der Waals surface area contributed by atoms with E-state index in [1.165, 1.54) is 0 Å². The monoisotopic (exact) mass is 254 g/mol. The van der Waals surface area contributed by atoms with Crippen molar-refractivity contribution in [2.45, 2.75) is 26.2 Å². The number of hydrogen-bond acceptors (Lipinski definition) is 3. The third kappa shape index (κ3) is 3.02. The lowest BCUT2D eigenvalue weighted by Crippen LogP contribution is -2.54. The van der Waals surface area contributed by atoms with Gasteiger partial charge in [-0.3, -0.25) is 9.59 Å². The van der Waals surface area contributed by atoms with Gasteiger partial charge in [-0.25, -0.2) is 0 Å². The third-order valence-corrected chi connectivity index (χ3v) is 4.22. The molecule has 0 radical (unpaired) electrons. The molecule has 5 heteroatoms. The maximum Gasteiger partial charge on any atom is 0.306 e. The Morgan fingerprint density at radius 1 is 1.44 bits per heavy atom. The smallest absolute Gasteiger partial charge is 0.306 e. The molecular formula is C13H22N2O3. The van der Waals surface area contributed by atoms with Gasteiger partial charge < -0.3 is 15.3 Å². The van der Waals surface area contributed by atoms with Crippen LogP contribution in [0.25, 0.3) is 0 Å². The molecule has 0 aliphatic carbocycles. The number of piperidine rings is 1. The summed E-state index contributed by atoms with van der Waals surface area (Å²) in [6.07, 6.45) is 2.89. The highest BCUT2D eigenvalue weighted by Crippen LogP contribution is 2.26. The fourth-order valence-electron chi connectivity index (χ4n) is 2.71. The molecule has 2 aliphatic heterocycles. The number of likely N-dealkylation sites (tertiary alicyclic amines) is 1. The standard InChI is InChI=1S/C13H22N2O3/c1-9(13(17)18)11-7-15(8-11)12(16)5-10-3-2-4-14-6-10/h9-11,14H,2-8H2,1H3,(H,17,18). The fourth-order valence-corrected chi connectivity index (χ4v) is 2.71. The summed E-state index contributed by atoms with van der Waals surface area (Å²) in [6.45, 7) is 4.96. The predicted molar refractivity (Wildman–Crippen MR) is 67.1 cm³/mol. The quantitative estimate of drug-likeness (QED) is 0.769.